The molecule has 190 valence electrons. The number of carbonyl (C=O) groups excluding carboxylic acids is 2. The SMILES string of the molecule is Cc1ccc(CN2CCC3(CC2)Cc2cn(nn2)CCCNC(=O)[C@H](Cc2ccccc2)NC3=O)o1. The van der Waals surface area contributed by atoms with Gasteiger partial charge in [0.05, 0.1) is 17.7 Å². The van der Waals surface area contributed by atoms with Crippen LogP contribution in [-0.4, -0.2) is 57.4 Å². The number of rotatable bonds is 4. The highest BCUT2D eigenvalue weighted by atomic mass is 16.3. The third kappa shape index (κ3) is 5.67. The van der Waals surface area contributed by atoms with Gasteiger partial charge in [-0.2, -0.15) is 0 Å². The maximum atomic E-state index is 13.9. The Morgan fingerprint density at radius 1 is 1.08 bits per heavy atom. The van der Waals surface area contributed by atoms with Crippen molar-refractivity contribution in [1.82, 2.24) is 30.5 Å². The van der Waals surface area contributed by atoms with Crippen molar-refractivity contribution in [3.05, 3.63) is 71.4 Å². The Balaban J connectivity index is 1.37. The molecule has 1 saturated heterocycles. The molecule has 0 radical (unpaired) electrons. The second kappa shape index (κ2) is 10.7. The molecule has 9 heteroatoms. The third-order valence-corrected chi connectivity index (χ3v) is 7.34. The summed E-state index contributed by atoms with van der Waals surface area (Å²) < 4.78 is 7.57. The quantitative estimate of drug-likeness (QED) is 0.581. The summed E-state index contributed by atoms with van der Waals surface area (Å²) in [6.07, 6.45) is 4.98. The van der Waals surface area contributed by atoms with Crippen LogP contribution in [-0.2, 0) is 35.5 Å². The predicted octanol–water partition coefficient (Wildman–Crippen LogP) is 2.25. The first-order chi connectivity index (χ1) is 17.5. The van der Waals surface area contributed by atoms with Crippen molar-refractivity contribution < 1.29 is 14.0 Å². The monoisotopic (exact) mass is 490 g/mol. The average Bonchev–Trinajstić information content (AvgIpc) is 3.50. The first-order valence-corrected chi connectivity index (χ1v) is 12.8. The molecule has 0 saturated carbocycles. The van der Waals surface area contributed by atoms with Gasteiger partial charge in [0.25, 0.3) is 0 Å². The van der Waals surface area contributed by atoms with Gasteiger partial charge in [-0.05, 0) is 57.0 Å². The van der Waals surface area contributed by atoms with Crippen LogP contribution in [0.15, 0.2) is 53.1 Å². The van der Waals surface area contributed by atoms with Gasteiger partial charge in [-0.15, -0.1) is 5.10 Å². The fourth-order valence-electron chi connectivity index (χ4n) is 5.24. The van der Waals surface area contributed by atoms with E-state index in [1.54, 1.807) is 4.68 Å². The number of furan rings is 1. The van der Waals surface area contributed by atoms with E-state index >= 15 is 0 Å². The summed E-state index contributed by atoms with van der Waals surface area (Å²) in [6.45, 7) is 5.37. The molecule has 9 nitrogen and oxygen atoms in total. The molecular formula is C27H34N6O3. The number of hydrogen-bond donors (Lipinski definition) is 2. The van der Waals surface area contributed by atoms with Gasteiger partial charge in [0.15, 0.2) is 0 Å². The van der Waals surface area contributed by atoms with Crippen molar-refractivity contribution in [3.8, 4) is 0 Å². The van der Waals surface area contributed by atoms with E-state index in [-0.39, 0.29) is 11.8 Å². The Kier molecular flexibility index (Phi) is 7.18. The molecule has 2 N–H and O–H groups in total. The van der Waals surface area contributed by atoms with E-state index in [0.717, 1.165) is 48.8 Å². The molecule has 36 heavy (non-hydrogen) atoms. The first kappa shape index (κ1) is 24.2. The van der Waals surface area contributed by atoms with Crippen molar-refractivity contribution >= 4 is 11.8 Å². The molecule has 2 aliphatic rings. The normalized spacial score (nSPS) is 21.2. The van der Waals surface area contributed by atoms with Crippen molar-refractivity contribution in [2.75, 3.05) is 19.6 Å². The molecule has 0 aliphatic carbocycles. The van der Waals surface area contributed by atoms with Gasteiger partial charge < -0.3 is 15.1 Å². The molecule has 2 amide bonds. The molecule has 4 heterocycles. The number of aryl methyl sites for hydroxylation is 2. The molecule has 3 aromatic rings. The first-order valence-electron chi connectivity index (χ1n) is 12.8. The minimum Gasteiger partial charge on any atom is -0.465 e. The summed E-state index contributed by atoms with van der Waals surface area (Å²) in [5.41, 5.74) is 1.18. The van der Waals surface area contributed by atoms with Gasteiger partial charge in [-0.25, -0.2) is 0 Å². The number of piperidine rings is 1. The number of hydrogen-bond acceptors (Lipinski definition) is 6. The highest BCUT2D eigenvalue weighted by molar-refractivity contribution is 5.90. The average molecular weight is 491 g/mol. The topological polar surface area (TPSA) is 105 Å². The zero-order valence-corrected chi connectivity index (χ0v) is 20.8. The molecule has 1 aromatic carbocycles. The zero-order chi connectivity index (χ0) is 25.0. The fourth-order valence-corrected chi connectivity index (χ4v) is 5.24. The van der Waals surface area contributed by atoms with Crippen molar-refractivity contribution in [2.45, 2.75) is 58.2 Å². The number of likely N-dealkylation sites (tertiary alicyclic amines) is 1. The fraction of sp³-hybridized carbons (Fsp3) is 0.481. The standard InChI is InChI=1S/C27H34N6O3/c1-20-8-9-23(36-20)19-32-14-10-27(11-15-32)17-22-18-33(31-30-22)13-5-12-28-25(34)24(29-26(27)35)16-21-6-3-2-4-7-21/h2-4,6-9,18,24H,5,10-17,19H2,1H3,(H,28,34)(H,29,35)/t24-/m0/s1. The van der Waals surface area contributed by atoms with Gasteiger partial charge in [0, 0.05) is 32.1 Å². The van der Waals surface area contributed by atoms with Gasteiger partial charge in [0.1, 0.15) is 17.6 Å². The molecule has 0 unspecified atom stereocenters. The van der Waals surface area contributed by atoms with Crippen LogP contribution in [0, 0.1) is 12.3 Å². The van der Waals surface area contributed by atoms with E-state index in [9.17, 15) is 9.59 Å². The van der Waals surface area contributed by atoms with Gasteiger partial charge in [-0.3, -0.25) is 19.2 Å². The van der Waals surface area contributed by atoms with Crippen LogP contribution in [0.1, 0.15) is 42.0 Å². The summed E-state index contributed by atoms with van der Waals surface area (Å²) in [4.78, 5) is 29.4. The second-order valence-corrected chi connectivity index (χ2v) is 10.1. The number of benzene rings is 1. The van der Waals surface area contributed by atoms with Crippen molar-refractivity contribution in [2.24, 2.45) is 5.41 Å². The number of fused-ring (bicyclic) bond motifs is 2. The zero-order valence-electron chi connectivity index (χ0n) is 20.8. The lowest BCUT2D eigenvalue weighted by molar-refractivity contribution is -0.137. The Morgan fingerprint density at radius 2 is 1.89 bits per heavy atom. The van der Waals surface area contributed by atoms with Crippen LogP contribution in [0.25, 0.3) is 0 Å². The van der Waals surface area contributed by atoms with Crippen molar-refractivity contribution in [3.63, 3.8) is 0 Å². The van der Waals surface area contributed by atoms with Crippen LogP contribution < -0.4 is 10.6 Å². The van der Waals surface area contributed by atoms with Crippen LogP contribution in [0.2, 0.25) is 0 Å². The Hall–Kier alpha value is -3.46. The molecule has 1 spiro atoms. The van der Waals surface area contributed by atoms with E-state index in [1.807, 2.05) is 55.6 Å². The molecule has 2 aromatic heterocycles. The second-order valence-electron chi connectivity index (χ2n) is 10.1. The number of nitrogens with one attached hydrogen (secondary N) is 2. The minimum absolute atomic E-state index is 0.0825. The van der Waals surface area contributed by atoms with E-state index in [1.165, 1.54) is 0 Å². The van der Waals surface area contributed by atoms with E-state index in [4.69, 9.17) is 4.42 Å². The minimum atomic E-state index is -0.653. The molecule has 2 bridgehead atoms. The molecule has 2 aliphatic heterocycles. The van der Waals surface area contributed by atoms with Crippen LogP contribution >= 0.6 is 0 Å². The lowest BCUT2D eigenvalue weighted by Crippen LogP contribution is -2.56. The molecule has 1 fully saturated rings. The Morgan fingerprint density at radius 3 is 2.64 bits per heavy atom. The van der Waals surface area contributed by atoms with E-state index in [2.05, 4.69) is 25.8 Å². The summed E-state index contributed by atoms with van der Waals surface area (Å²) in [6, 6.07) is 13.2. The highest BCUT2D eigenvalue weighted by Gasteiger charge is 2.43. The Bertz CT molecular complexity index is 1180. The lowest BCUT2D eigenvalue weighted by Gasteiger charge is -2.40. The summed E-state index contributed by atoms with van der Waals surface area (Å²) >= 11 is 0. The van der Waals surface area contributed by atoms with Gasteiger partial charge in [-0.1, -0.05) is 35.5 Å². The van der Waals surface area contributed by atoms with Crippen LogP contribution in [0.5, 0.6) is 0 Å². The number of aromatic nitrogens is 3. The largest absolute Gasteiger partial charge is 0.465 e. The third-order valence-electron chi connectivity index (χ3n) is 7.34. The maximum Gasteiger partial charge on any atom is 0.242 e. The van der Waals surface area contributed by atoms with Crippen LogP contribution in [0.4, 0.5) is 0 Å². The summed E-state index contributed by atoms with van der Waals surface area (Å²) in [5, 5.41) is 14.8. The molecule has 1 atom stereocenters. The smallest absolute Gasteiger partial charge is 0.242 e. The van der Waals surface area contributed by atoms with E-state index < -0.39 is 11.5 Å². The van der Waals surface area contributed by atoms with Crippen LogP contribution in [0.3, 0.4) is 0 Å². The number of carbonyl (C=O) groups is 2. The summed E-state index contributed by atoms with van der Waals surface area (Å²) in [5.74, 6) is 1.61. The van der Waals surface area contributed by atoms with Gasteiger partial charge in [0.2, 0.25) is 11.8 Å². The summed E-state index contributed by atoms with van der Waals surface area (Å²) in [7, 11) is 0. The van der Waals surface area contributed by atoms with Crippen molar-refractivity contribution in [1.29, 1.82) is 0 Å². The maximum absolute atomic E-state index is 13.9. The molecular weight excluding hydrogens is 456 g/mol. The highest BCUT2D eigenvalue weighted by Crippen LogP contribution is 2.36. The number of amides is 2. The number of nitrogens with zero attached hydrogens (tertiary/aromatic N) is 4. The Labute approximate surface area is 211 Å². The predicted molar refractivity (Wildman–Crippen MR) is 134 cm³/mol. The van der Waals surface area contributed by atoms with Gasteiger partial charge >= 0.3 is 0 Å². The lowest BCUT2D eigenvalue weighted by atomic mass is 9.73. The molecule has 5 rings (SSSR count). The van der Waals surface area contributed by atoms with E-state index in [0.29, 0.717) is 38.8 Å².